The Hall–Kier alpha value is -2.11. The Kier molecular flexibility index (Phi) is 4.55. The summed E-state index contributed by atoms with van der Waals surface area (Å²) in [5, 5.41) is 11.4. The molecule has 0 aromatic heterocycles. The predicted molar refractivity (Wildman–Crippen MR) is 68.8 cm³/mol. The fourth-order valence-corrected chi connectivity index (χ4v) is 1.89. The van der Waals surface area contributed by atoms with E-state index < -0.39 is 11.9 Å². The first kappa shape index (κ1) is 14.3. The summed E-state index contributed by atoms with van der Waals surface area (Å²) in [5.41, 5.74) is 0. The minimum Gasteiger partial charge on any atom is -0.494 e. The topological polar surface area (TPSA) is 75.6 Å². The molecule has 0 saturated heterocycles. The van der Waals surface area contributed by atoms with E-state index in [4.69, 9.17) is 9.84 Å². The zero-order valence-corrected chi connectivity index (χ0v) is 10.8. The van der Waals surface area contributed by atoms with Crippen LogP contribution in [0.15, 0.2) is 24.3 Å². The van der Waals surface area contributed by atoms with Gasteiger partial charge in [0.15, 0.2) is 0 Å². The smallest absolute Gasteiger partial charge is 0.307 e. The first-order chi connectivity index (χ1) is 9.58. The molecule has 6 heteroatoms. The molecule has 1 amide bonds. The van der Waals surface area contributed by atoms with E-state index in [9.17, 15) is 14.0 Å². The monoisotopic (exact) mass is 281 g/mol. The first-order valence-corrected chi connectivity index (χ1v) is 6.47. The van der Waals surface area contributed by atoms with Crippen LogP contribution in [0.4, 0.5) is 4.39 Å². The minimum absolute atomic E-state index is 0.209. The number of amides is 1. The standard InChI is InChI=1S/C14H16FNO4/c15-9-2-4-10(5-3-9)20-7-1-6-16-13(17)11-8-12(11)14(18)19/h2-5,11-12H,1,6-8H2,(H,16,17)(H,18,19)/t11-,12-/m1/s1. The van der Waals surface area contributed by atoms with Crippen molar-refractivity contribution in [1.82, 2.24) is 5.32 Å². The van der Waals surface area contributed by atoms with Crippen molar-refractivity contribution < 1.29 is 23.8 Å². The van der Waals surface area contributed by atoms with E-state index in [1.807, 2.05) is 0 Å². The van der Waals surface area contributed by atoms with Gasteiger partial charge in [0.2, 0.25) is 5.91 Å². The van der Waals surface area contributed by atoms with Crippen LogP contribution in [-0.2, 0) is 9.59 Å². The molecule has 0 aliphatic heterocycles. The van der Waals surface area contributed by atoms with Crippen LogP contribution in [0.25, 0.3) is 0 Å². The second kappa shape index (κ2) is 6.36. The second-order valence-corrected chi connectivity index (χ2v) is 4.73. The van der Waals surface area contributed by atoms with Crippen molar-refractivity contribution in [2.75, 3.05) is 13.2 Å². The van der Waals surface area contributed by atoms with Crippen molar-refractivity contribution in [3.05, 3.63) is 30.1 Å². The van der Waals surface area contributed by atoms with Crippen LogP contribution in [0.2, 0.25) is 0 Å². The molecule has 5 nitrogen and oxygen atoms in total. The summed E-state index contributed by atoms with van der Waals surface area (Å²) in [7, 11) is 0. The fraction of sp³-hybridized carbons (Fsp3) is 0.429. The molecule has 2 N–H and O–H groups in total. The van der Waals surface area contributed by atoms with E-state index in [1.165, 1.54) is 24.3 Å². The van der Waals surface area contributed by atoms with Gasteiger partial charge in [-0.2, -0.15) is 0 Å². The van der Waals surface area contributed by atoms with Crippen LogP contribution >= 0.6 is 0 Å². The number of aliphatic carboxylic acids is 1. The molecule has 20 heavy (non-hydrogen) atoms. The molecule has 1 aromatic carbocycles. The summed E-state index contributed by atoms with van der Waals surface area (Å²) in [6.07, 6.45) is 1.03. The molecule has 2 atom stereocenters. The van der Waals surface area contributed by atoms with Crippen molar-refractivity contribution in [2.24, 2.45) is 11.8 Å². The molecule has 1 aromatic rings. The quantitative estimate of drug-likeness (QED) is 0.741. The lowest BCUT2D eigenvalue weighted by atomic mass is 10.3. The van der Waals surface area contributed by atoms with Crippen LogP contribution < -0.4 is 10.1 Å². The van der Waals surface area contributed by atoms with Gasteiger partial charge in [-0.1, -0.05) is 0 Å². The molecule has 0 heterocycles. The number of carboxylic acids is 1. The summed E-state index contributed by atoms with van der Waals surface area (Å²) in [6, 6.07) is 5.71. The van der Waals surface area contributed by atoms with Crippen molar-refractivity contribution in [3.8, 4) is 5.75 Å². The highest BCUT2D eigenvalue weighted by Gasteiger charge is 2.48. The average Bonchev–Trinajstić information content (AvgIpc) is 3.21. The van der Waals surface area contributed by atoms with E-state index in [0.717, 1.165) is 0 Å². The van der Waals surface area contributed by atoms with Crippen LogP contribution in [0.1, 0.15) is 12.8 Å². The minimum atomic E-state index is -0.912. The number of benzene rings is 1. The molecule has 0 radical (unpaired) electrons. The molecule has 0 unspecified atom stereocenters. The molecule has 2 rings (SSSR count). The van der Waals surface area contributed by atoms with Gasteiger partial charge < -0.3 is 15.2 Å². The van der Waals surface area contributed by atoms with Crippen LogP contribution in [0, 0.1) is 17.7 Å². The van der Waals surface area contributed by atoms with Gasteiger partial charge in [-0.15, -0.1) is 0 Å². The zero-order chi connectivity index (χ0) is 14.5. The number of nitrogens with one attached hydrogen (secondary N) is 1. The molecule has 108 valence electrons. The number of hydrogen-bond donors (Lipinski definition) is 2. The van der Waals surface area contributed by atoms with E-state index in [2.05, 4.69) is 5.32 Å². The Bertz CT molecular complexity index is 488. The van der Waals surface area contributed by atoms with Gasteiger partial charge in [-0.05, 0) is 37.1 Å². The highest BCUT2D eigenvalue weighted by atomic mass is 19.1. The summed E-state index contributed by atoms with van der Waals surface area (Å²) >= 11 is 0. The molecule has 0 spiro atoms. The SMILES string of the molecule is O=C(O)[C@@H]1C[C@H]1C(=O)NCCCOc1ccc(F)cc1. The normalized spacial score (nSPS) is 20.2. The zero-order valence-electron chi connectivity index (χ0n) is 10.8. The Labute approximate surface area is 115 Å². The molecular formula is C14H16FNO4. The van der Waals surface area contributed by atoms with Gasteiger partial charge in [-0.25, -0.2) is 4.39 Å². The van der Waals surface area contributed by atoms with Gasteiger partial charge >= 0.3 is 5.97 Å². The highest BCUT2D eigenvalue weighted by molar-refractivity contribution is 5.89. The first-order valence-electron chi connectivity index (χ1n) is 6.47. The molecule has 0 bridgehead atoms. The average molecular weight is 281 g/mol. The molecular weight excluding hydrogens is 265 g/mol. The van der Waals surface area contributed by atoms with E-state index >= 15 is 0 Å². The number of carbonyl (C=O) groups is 2. The summed E-state index contributed by atoms with van der Waals surface area (Å²) in [5.74, 6) is -1.77. The third-order valence-corrected chi connectivity index (χ3v) is 3.15. The van der Waals surface area contributed by atoms with Crippen LogP contribution in [0.5, 0.6) is 5.75 Å². The van der Waals surface area contributed by atoms with Gasteiger partial charge in [0.1, 0.15) is 11.6 Å². The Balaban J connectivity index is 1.57. The number of carbonyl (C=O) groups excluding carboxylic acids is 1. The van der Waals surface area contributed by atoms with E-state index in [0.29, 0.717) is 31.7 Å². The van der Waals surface area contributed by atoms with Crippen LogP contribution in [-0.4, -0.2) is 30.1 Å². The molecule has 1 fully saturated rings. The lowest BCUT2D eigenvalue weighted by Gasteiger charge is -2.07. The molecule has 1 saturated carbocycles. The third kappa shape index (κ3) is 3.94. The van der Waals surface area contributed by atoms with E-state index in [1.54, 1.807) is 0 Å². The van der Waals surface area contributed by atoms with E-state index in [-0.39, 0.29) is 17.6 Å². The van der Waals surface area contributed by atoms with Gasteiger partial charge in [0.05, 0.1) is 18.4 Å². The Morgan fingerprint density at radius 3 is 2.60 bits per heavy atom. The number of hydrogen-bond acceptors (Lipinski definition) is 3. The second-order valence-electron chi connectivity index (χ2n) is 4.73. The summed E-state index contributed by atoms with van der Waals surface area (Å²) in [4.78, 5) is 22.1. The maximum atomic E-state index is 12.6. The maximum Gasteiger partial charge on any atom is 0.307 e. The summed E-state index contributed by atoms with van der Waals surface area (Å²) in [6.45, 7) is 0.835. The maximum absolute atomic E-state index is 12.6. The Morgan fingerprint density at radius 2 is 2.00 bits per heavy atom. The molecule has 1 aliphatic carbocycles. The number of carboxylic acid groups (broad SMARTS) is 1. The number of halogens is 1. The van der Waals surface area contributed by atoms with Crippen LogP contribution in [0.3, 0.4) is 0 Å². The predicted octanol–water partition coefficient (Wildman–Crippen LogP) is 1.43. The highest BCUT2D eigenvalue weighted by Crippen LogP contribution is 2.38. The molecule has 1 aliphatic rings. The van der Waals surface area contributed by atoms with Crippen molar-refractivity contribution in [3.63, 3.8) is 0 Å². The number of rotatable bonds is 7. The third-order valence-electron chi connectivity index (χ3n) is 3.15. The summed E-state index contributed by atoms with van der Waals surface area (Å²) < 4.78 is 18.0. The van der Waals surface area contributed by atoms with Gasteiger partial charge in [0.25, 0.3) is 0 Å². The van der Waals surface area contributed by atoms with Gasteiger partial charge in [-0.3, -0.25) is 9.59 Å². The van der Waals surface area contributed by atoms with Gasteiger partial charge in [0, 0.05) is 6.54 Å². The lowest BCUT2D eigenvalue weighted by molar-refractivity contribution is -0.140. The van der Waals surface area contributed by atoms with Crippen molar-refractivity contribution in [2.45, 2.75) is 12.8 Å². The largest absolute Gasteiger partial charge is 0.494 e. The lowest BCUT2D eigenvalue weighted by Crippen LogP contribution is -2.28. The Morgan fingerprint density at radius 1 is 1.30 bits per heavy atom. The number of ether oxygens (including phenoxy) is 1. The fourth-order valence-electron chi connectivity index (χ4n) is 1.89. The van der Waals surface area contributed by atoms with Crippen molar-refractivity contribution in [1.29, 1.82) is 0 Å². The van der Waals surface area contributed by atoms with Crippen molar-refractivity contribution >= 4 is 11.9 Å².